The van der Waals surface area contributed by atoms with Gasteiger partial charge in [0.05, 0.1) is 6.54 Å². The second kappa shape index (κ2) is 5.12. The van der Waals surface area contributed by atoms with Gasteiger partial charge in [0, 0.05) is 11.9 Å². The van der Waals surface area contributed by atoms with E-state index in [-0.39, 0.29) is 0 Å². The Morgan fingerprint density at radius 1 is 1.00 bits per heavy atom. The highest BCUT2D eigenvalue weighted by Crippen LogP contribution is 2.07. The first-order chi connectivity index (χ1) is 7.84. The summed E-state index contributed by atoms with van der Waals surface area (Å²) in [6.07, 6.45) is 1.88. The largest absolute Gasteiger partial charge is 0.399 e. The second-order valence-electron chi connectivity index (χ2n) is 3.63. The summed E-state index contributed by atoms with van der Waals surface area (Å²) in [4.78, 5) is 4.37. The molecule has 2 rings (SSSR count). The van der Waals surface area contributed by atoms with Gasteiger partial charge in [-0.15, -0.1) is 0 Å². The van der Waals surface area contributed by atoms with Crippen molar-refractivity contribution >= 4 is 11.9 Å². The van der Waals surface area contributed by atoms with E-state index in [1.807, 2.05) is 60.8 Å². The number of aliphatic imine (C=N–C) groups is 1. The minimum absolute atomic E-state index is 0.667. The molecule has 0 radical (unpaired) electrons. The van der Waals surface area contributed by atoms with E-state index < -0.39 is 0 Å². The van der Waals surface area contributed by atoms with Gasteiger partial charge in [0.1, 0.15) is 0 Å². The molecule has 2 N–H and O–H groups in total. The molecular weight excluding hydrogens is 196 g/mol. The van der Waals surface area contributed by atoms with Crippen LogP contribution in [0.1, 0.15) is 11.1 Å². The van der Waals surface area contributed by atoms with Crippen molar-refractivity contribution in [3.05, 3.63) is 65.7 Å². The Bertz CT molecular complexity index is 475. The fourth-order valence-corrected chi connectivity index (χ4v) is 1.49. The van der Waals surface area contributed by atoms with Gasteiger partial charge < -0.3 is 5.73 Å². The Morgan fingerprint density at radius 3 is 2.56 bits per heavy atom. The Balaban J connectivity index is 2.00. The van der Waals surface area contributed by atoms with E-state index in [4.69, 9.17) is 5.73 Å². The summed E-state index contributed by atoms with van der Waals surface area (Å²) in [6.45, 7) is 0.667. The lowest BCUT2D eigenvalue weighted by atomic mass is 10.2. The fraction of sp³-hybridized carbons (Fsp3) is 0.0714. The first-order valence-corrected chi connectivity index (χ1v) is 5.24. The smallest absolute Gasteiger partial charge is 0.0640 e. The first-order valence-electron chi connectivity index (χ1n) is 5.24. The maximum Gasteiger partial charge on any atom is 0.0640 e. The van der Waals surface area contributed by atoms with Gasteiger partial charge in [-0.2, -0.15) is 0 Å². The van der Waals surface area contributed by atoms with Gasteiger partial charge in [0.2, 0.25) is 0 Å². The summed E-state index contributed by atoms with van der Waals surface area (Å²) >= 11 is 0. The number of rotatable bonds is 3. The fourth-order valence-electron chi connectivity index (χ4n) is 1.49. The molecule has 0 aliphatic carbocycles. The number of anilines is 1. The summed E-state index contributed by atoms with van der Waals surface area (Å²) < 4.78 is 0. The van der Waals surface area contributed by atoms with Gasteiger partial charge in [-0.1, -0.05) is 42.5 Å². The molecule has 0 atom stereocenters. The van der Waals surface area contributed by atoms with Gasteiger partial charge in [-0.25, -0.2) is 0 Å². The summed E-state index contributed by atoms with van der Waals surface area (Å²) in [6, 6.07) is 17.9. The van der Waals surface area contributed by atoms with Crippen LogP contribution in [0.15, 0.2) is 59.6 Å². The molecular formula is C14H14N2. The zero-order valence-electron chi connectivity index (χ0n) is 9.01. The summed E-state index contributed by atoms with van der Waals surface area (Å²) in [5, 5.41) is 0. The lowest BCUT2D eigenvalue weighted by Gasteiger charge is -1.97. The van der Waals surface area contributed by atoms with Crippen molar-refractivity contribution in [3.63, 3.8) is 0 Å². The van der Waals surface area contributed by atoms with E-state index in [1.54, 1.807) is 0 Å². The molecule has 0 heterocycles. The first kappa shape index (κ1) is 10.4. The van der Waals surface area contributed by atoms with E-state index in [9.17, 15) is 0 Å². The summed E-state index contributed by atoms with van der Waals surface area (Å²) in [5.41, 5.74) is 8.72. The van der Waals surface area contributed by atoms with Gasteiger partial charge in [-0.05, 0) is 23.3 Å². The Labute approximate surface area is 95.5 Å². The molecule has 2 nitrogen and oxygen atoms in total. The van der Waals surface area contributed by atoms with E-state index in [1.165, 1.54) is 0 Å². The van der Waals surface area contributed by atoms with Crippen molar-refractivity contribution in [2.75, 3.05) is 5.73 Å². The number of hydrogen-bond acceptors (Lipinski definition) is 2. The molecule has 0 amide bonds. The topological polar surface area (TPSA) is 38.4 Å². The van der Waals surface area contributed by atoms with Crippen molar-refractivity contribution in [1.82, 2.24) is 0 Å². The number of nitrogens with zero attached hydrogens (tertiary/aromatic N) is 1. The zero-order chi connectivity index (χ0) is 11.2. The van der Waals surface area contributed by atoms with E-state index in [0.29, 0.717) is 6.54 Å². The highest BCUT2D eigenvalue weighted by atomic mass is 14.7. The van der Waals surface area contributed by atoms with Crippen molar-refractivity contribution in [3.8, 4) is 0 Å². The van der Waals surface area contributed by atoms with Crippen molar-refractivity contribution in [1.29, 1.82) is 0 Å². The van der Waals surface area contributed by atoms with E-state index in [2.05, 4.69) is 4.99 Å². The summed E-state index contributed by atoms with van der Waals surface area (Å²) in [7, 11) is 0. The minimum atomic E-state index is 0.667. The van der Waals surface area contributed by atoms with Crippen LogP contribution >= 0.6 is 0 Å². The van der Waals surface area contributed by atoms with Crippen LogP contribution in [0.4, 0.5) is 5.69 Å². The molecule has 0 aliphatic heterocycles. The van der Waals surface area contributed by atoms with Gasteiger partial charge in [0.25, 0.3) is 0 Å². The lowest BCUT2D eigenvalue weighted by Crippen LogP contribution is -1.88. The lowest BCUT2D eigenvalue weighted by molar-refractivity contribution is 1.08. The second-order valence-corrected chi connectivity index (χ2v) is 3.63. The molecule has 2 heteroatoms. The van der Waals surface area contributed by atoms with E-state index >= 15 is 0 Å². The maximum absolute atomic E-state index is 5.69. The molecule has 80 valence electrons. The van der Waals surface area contributed by atoms with Crippen LogP contribution in [0.25, 0.3) is 0 Å². The van der Waals surface area contributed by atoms with Gasteiger partial charge >= 0.3 is 0 Å². The quantitative estimate of drug-likeness (QED) is 0.614. The van der Waals surface area contributed by atoms with Crippen LogP contribution in [-0.4, -0.2) is 6.21 Å². The molecule has 0 aliphatic rings. The van der Waals surface area contributed by atoms with Gasteiger partial charge in [0.15, 0.2) is 0 Å². The van der Waals surface area contributed by atoms with Crippen molar-refractivity contribution < 1.29 is 0 Å². The molecule has 0 fully saturated rings. The average Bonchev–Trinajstić information content (AvgIpc) is 2.30. The monoisotopic (exact) mass is 210 g/mol. The molecule has 16 heavy (non-hydrogen) atoms. The van der Waals surface area contributed by atoms with Crippen LogP contribution in [0, 0.1) is 0 Å². The molecule has 0 saturated heterocycles. The van der Waals surface area contributed by atoms with E-state index in [0.717, 1.165) is 16.8 Å². The third-order valence-corrected chi connectivity index (χ3v) is 2.26. The molecule has 0 bridgehead atoms. The summed E-state index contributed by atoms with van der Waals surface area (Å²) in [5.74, 6) is 0. The zero-order valence-corrected chi connectivity index (χ0v) is 9.01. The Morgan fingerprint density at radius 2 is 1.81 bits per heavy atom. The highest BCUT2D eigenvalue weighted by Gasteiger charge is 1.90. The van der Waals surface area contributed by atoms with Crippen LogP contribution < -0.4 is 5.73 Å². The number of benzene rings is 2. The van der Waals surface area contributed by atoms with Gasteiger partial charge in [-0.3, -0.25) is 4.99 Å². The average molecular weight is 210 g/mol. The Kier molecular flexibility index (Phi) is 3.34. The third-order valence-electron chi connectivity index (χ3n) is 2.26. The predicted molar refractivity (Wildman–Crippen MR) is 68.6 cm³/mol. The molecule has 0 spiro atoms. The third kappa shape index (κ3) is 2.95. The number of hydrogen-bond donors (Lipinski definition) is 1. The number of nitrogens with two attached hydrogens (primary N) is 1. The van der Waals surface area contributed by atoms with Crippen molar-refractivity contribution in [2.45, 2.75) is 6.54 Å². The van der Waals surface area contributed by atoms with Crippen LogP contribution in [0.5, 0.6) is 0 Å². The van der Waals surface area contributed by atoms with Crippen molar-refractivity contribution in [2.24, 2.45) is 4.99 Å². The SMILES string of the molecule is Nc1cccc(CN=Cc2ccccc2)c1. The number of nitrogen functional groups attached to an aromatic ring is 1. The maximum atomic E-state index is 5.69. The van der Waals surface area contributed by atoms with Crippen LogP contribution in [0.3, 0.4) is 0 Å². The molecule has 2 aromatic rings. The predicted octanol–water partition coefficient (Wildman–Crippen LogP) is 2.89. The molecule has 2 aromatic carbocycles. The standard InChI is InChI=1S/C14H14N2/c15-14-8-4-7-13(9-14)11-16-10-12-5-2-1-3-6-12/h1-10H,11,15H2. The normalized spacial score (nSPS) is 10.8. The molecule has 0 unspecified atom stereocenters. The minimum Gasteiger partial charge on any atom is -0.399 e. The van der Waals surface area contributed by atoms with Crippen LogP contribution in [-0.2, 0) is 6.54 Å². The molecule has 0 saturated carbocycles. The highest BCUT2D eigenvalue weighted by molar-refractivity contribution is 5.79. The Hall–Kier alpha value is -2.09. The molecule has 0 aromatic heterocycles. The van der Waals surface area contributed by atoms with Crippen LogP contribution in [0.2, 0.25) is 0 Å².